The first-order valence-electron chi connectivity index (χ1n) is 9.61. The van der Waals surface area contributed by atoms with Crippen LogP contribution in [0.4, 0.5) is 22.9 Å². The SMILES string of the molecule is CN(C)c1ccc(N=CN/N=C(\N)c2cccnc2Nc2ccc3c(c2)OCO3)cc1. The van der Waals surface area contributed by atoms with Crippen LogP contribution in [0.5, 0.6) is 11.5 Å². The van der Waals surface area contributed by atoms with E-state index in [9.17, 15) is 0 Å². The average Bonchev–Trinajstić information content (AvgIpc) is 3.25. The summed E-state index contributed by atoms with van der Waals surface area (Å²) in [6, 6.07) is 17.0. The van der Waals surface area contributed by atoms with Gasteiger partial charge in [0.1, 0.15) is 12.2 Å². The molecule has 0 unspecified atom stereocenters. The summed E-state index contributed by atoms with van der Waals surface area (Å²) in [5, 5.41) is 7.42. The zero-order valence-corrected chi connectivity index (χ0v) is 17.2. The summed E-state index contributed by atoms with van der Waals surface area (Å²) >= 11 is 0. The third-order valence-corrected chi connectivity index (χ3v) is 4.54. The van der Waals surface area contributed by atoms with Gasteiger partial charge in [-0.3, -0.25) is 5.43 Å². The molecule has 1 aliphatic rings. The molecule has 3 aromatic rings. The zero-order valence-electron chi connectivity index (χ0n) is 17.2. The summed E-state index contributed by atoms with van der Waals surface area (Å²) in [6.07, 6.45) is 3.16. The number of benzene rings is 2. The Kier molecular flexibility index (Phi) is 5.84. The number of hydrogen-bond acceptors (Lipinski definition) is 7. The lowest BCUT2D eigenvalue weighted by molar-refractivity contribution is 0.174. The van der Waals surface area contributed by atoms with Gasteiger partial charge < -0.3 is 25.4 Å². The van der Waals surface area contributed by atoms with Gasteiger partial charge in [-0.05, 0) is 48.5 Å². The fourth-order valence-corrected chi connectivity index (χ4v) is 2.92. The quantitative estimate of drug-likeness (QED) is 0.308. The molecular weight excluding hydrogens is 394 g/mol. The molecule has 0 fully saturated rings. The molecule has 0 atom stereocenters. The van der Waals surface area contributed by atoms with Gasteiger partial charge in [0.25, 0.3) is 0 Å². The van der Waals surface area contributed by atoms with Crippen LogP contribution < -0.4 is 30.8 Å². The fourth-order valence-electron chi connectivity index (χ4n) is 2.92. The van der Waals surface area contributed by atoms with Crippen molar-refractivity contribution in [3.05, 3.63) is 66.4 Å². The van der Waals surface area contributed by atoms with E-state index in [1.54, 1.807) is 12.3 Å². The lowest BCUT2D eigenvalue weighted by atomic mass is 10.2. The van der Waals surface area contributed by atoms with Crippen LogP contribution in [0, 0.1) is 0 Å². The first-order valence-corrected chi connectivity index (χ1v) is 9.61. The third-order valence-electron chi connectivity index (χ3n) is 4.54. The molecule has 4 rings (SSSR count). The summed E-state index contributed by atoms with van der Waals surface area (Å²) in [4.78, 5) is 10.7. The van der Waals surface area contributed by atoms with Crippen LogP contribution in [0.2, 0.25) is 0 Å². The number of aromatic nitrogens is 1. The molecule has 2 aromatic carbocycles. The molecule has 1 aliphatic heterocycles. The second kappa shape index (κ2) is 9.04. The summed E-state index contributed by atoms with van der Waals surface area (Å²) in [5.74, 6) is 2.24. The second-order valence-electron chi connectivity index (χ2n) is 6.89. The largest absolute Gasteiger partial charge is 0.454 e. The number of hydrogen-bond donors (Lipinski definition) is 3. The van der Waals surface area contributed by atoms with E-state index in [4.69, 9.17) is 15.2 Å². The van der Waals surface area contributed by atoms with Crippen molar-refractivity contribution in [2.45, 2.75) is 0 Å². The van der Waals surface area contributed by atoms with Crippen LogP contribution in [-0.2, 0) is 0 Å². The third kappa shape index (κ3) is 4.84. The molecule has 31 heavy (non-hydrogen) atoms. The number of nitrogens with two attached hydrogens (primary N) is 1. The fraction of sp³-hybridized carbons (Fsp3) is 0.136. The Morgan fingerprint density at radius 1 is 1.10 bits per heavy atom. The van der Waals surface area contributed by atoms with E-state index in [1.807, 2.05) is 67.5 Å². The zero-order chi connectivity index (χ0) is 21.6. The van der Waals surface area contributed by atoms with Crippen LogP contribution in [-0.4, -0.2) is 38.0 Å². The van der Waals surface area contributed by atoms with Gasteiger partial charge in [-0.25, -0.2) is 9.98 Å². The van der Waals surface area contributed by atoms with E-state index in [1.165, 1.54) is 6.34 Å². The van der Waals surface area contributed by atoms with Crippen LogP contribution in [0.3, 0.4) is 0 Å². The maximum atomic E-state index is 6.17. The number of anilines is 3. The van der Waals surface area contributed by atoms with Gasteiger partial charge >= 0.3 is 0 Å². The van der Waals surface area contributed by atoms with Gasteiger partial charge in [-0.15, -0.1) is 0 Å². The van der Waals surface area contributed by atoms with Crippen molar-refractivity contribution in [1.29, 1.82) is 0 Å². The van der Waals surface area contributed by atoms with E-state index in [0.29, 0.717) is 22.9 Å². The minimum atomic E-state index is 0.222. The molecule has 9 heteroatoms. The highest BCUT2D eigenvalue weighted by Crippen LogP contribution is 2.35. The number of nitrogens with zero attached hydrogens (tertiary/aromatic N) is 4. The first kappa shape index (κ1) is 20.0. The van der Waals surface area contributed by atoms with Gasteiger partial charge in [-0.2, -0.15) is 5.10 Å². The smallest absolute Gasteiger partial charge is 0.231 e. The van der Waals surface area contributed by atoms with Crippen LogP contribution in [0.25, 0.3) is 0 Å². The lowest BCUT2D eigenvalue weighted by Crippen LogP contribution is -2.20. The predicted octanol–water partition coefficient (Wildman–Crippen LogP) is 3.19. The summed E-state index contributed by atoms with van der Waals surface area (Å²) in [7, 11) is 3.98. The summed E-state index contributed by atoms with van der Waals surface area (Å²) in [6.45, 7) is 0.222. The van der Waals surface area contributed by atoms with E-state index >= 15 is 0 Å². The molecule has 0 saturated heterocycles. The summed E-state index contributed by atoms with van der Waals surface area (Å²) in [5.41, 5.74) is 12.3. The maximum absolute atomic E-state index is 6.17. The molecule has 2 heterocycles. The minimum absolute atomic E-state index is 0.222. The van der Waals surface area contributed by atoms with Crippen molar-refractivity contribution in [3.63, 3.8) is 0 Å². The Bertz CT molecular complexity index is 1110. The topological polar surface area (TPSA) is 109 Å². The Morgan fingerprint density at radius 2 is 1.90 bits per heavy atom. The predicted molar refractivity (Wildman–Crippen MR) is 123 cm³/mol. The van der Waals surface area contributed by atoms with Gasteiger partial charge in [0, 0.05) is 37.7 Å². The van der Waals surface area contributed by atoms with Crippen LogP contribution in [0.1, 0.15) is 5.56 Å². The molecule has 9 nitrogen and oxygen atoms in total. The van der Waals surface area contributed by atoms with Crippen molar-refractivity contribution in [2.24, 2.45) is 15.8 Å². The number of fused-ring (bicyclic) bond motifs is 1. The highest BCUT2D eigenvalue weighted by Gasteiger charge is 2.14. The van der Waals surface area contributed by atoms with Crippen LogP contribution >= 0.6 is 0 Å². The number of hydrazone groups is 1. The molecule has 0 amide bonds. The molecule has 4 N–H and O–H groups in total. The minimum Gasteiger partial charge on any atom is -0.454 e. The van der Waals surface area contributed by atoms with Gasteiger partial charge in [0.2, 0.25) is 6.79 Å². The normalized spacial score (nSPS) is 12.8. The number of amidine groups is 1. The van der Waals surface area contributed by atoms with Crippen molar-refractivity contribution in [1.82, 2.24) is 10.4 Å². The first-order chi connectivity index (χ1) is 15.1. The van der Waals surface area contributed by atoms with E-state index in [-0.39, 0.29) is 12.6 Å². The van der Waals surface area contributed by atoms with Crippen LogP contribution in [0.15, 0.2) is 70.9 Å². The Labute approximate surface area is 180 Å². The summed E-state index contributed by atoms with van der Waals surface area (Å²) < 4.78 is 10.8. The van der Waals surface area contributed by atoms with Gasteiger partial charge in [0.15, 0.2) is 17.3 Å². The monoisotopic (exact) mass is 417 g/mol. The average molecular weight is 417 g/mol. The van der Waals surface area contributed by atoms with Crippen molar-refractivity contribution >= 4 is 35.1 Å². The molecule has 0 bridgehead atoms. The van der Waals surface area contributed by atoms with E-state index < -0.39 is 0 Å². The molecule has 1 aromatic heterocycles. The highest BCUT2D eigenvalue weighted by atomic mass is 16.7. The Hall–Kier alpha value is -4.27. The van der Waals surface area contributed by atoms with E-state index in [2.05, 4.69) is 25.8 Å². The number of aliphatic imine (C=N–C) groups is 1. The number of pyridine rings is 1. The van der Waals surface area contributed by atoms with Crippen molar-refractivity contribution < 1.29 is 9.47 Å². The number of ether oxygens (including phenoxy) is 2. The van der Waals surface area contributed by atoms with Gasteiger partial charge in [-0.1, -0.05) is 0 Å². The maximum Gasteiger partial charge on any atom is 0.231 e. The standard InChI is InChI=1S/C22H23N7O2/c1-29(2)17-8-5-15(6-9-17)25-13-26-28-21(23)18-4-3-11-24-22(18)27-16-7-10-19-20(12-16)31-14-30-19/h3-13H,14H2,1-2H3,(H2,23,28)(H,24,27)(H,25,26). The Balaban J connectivity index is 1.43. The lowest BCUT2D eigenvalue weighted by Gasteiger charge is -2.11. The highest BCUT2D eigenvalue weighted by molar-refractivity contribution is 6.02. The Morgan fingerprint density at radius 3 is 2.71 bits per heavy atom. The van der Waals surface area contributed by atoms with Gasteiger partial charge in [0.05, 0.1) is 11.3 Å². The molecule has 158 valence electrons. The second-order valence-corrected chi connectivity index (χ2v) is 6.89. The van der Waals surface area contributed by atoms with E-state index in [0.717, 1.165) is 17.1 Å². The molecule has 0 saturated carbocycles. The molecule has 0 radical (unpaired) electrons. The molecule has 0 aliphatic carbocycles. The molecule has 0 spiro atoms. The number of rotatable bonds is 7. The number of nitrogens with one attached hydrogen (secondary N) is 2. The van der Waals surface area contributed by atoms with Crippen molar-refractivity contribution in [3.8, 4) is 11.5 Å². The van der Waals surface area contributed by atoms with Crippen molar-refractivity contribution in [2.75, 3.05) is 31.1 Å². The molecular formula is C22H23N7O2.